The molecule has 1 aliphatic heterocycles. The first-order valence-electron chi connectivity index (χ1n) is 8.75. The standard InChI is InChI=1S/C21H24N2O2/c1-15-5-10-19(12-16(15)2)22-20-4-3-11-23(13-20)21(25)18-8-6-17(14-24)7-9-18/h5-10,12,14,20,22H,3-4,11,13H2,1-2H3/t20-/m1/s1. The molecule has 0 spiro atoms. The van der Waals surface area contributed by atoms with Crippen LogP contribution in [-0.2, 0) is 0 Å². The molecule has 1 aliphatic rings. The summed E-state index contributed by atoms with van der Waals surface area (Å²) in [6.45, 7) is 5.69. The minimum absolute atomic E-state index is 0.0315. The molecule has 4 heteroatoms. The van der Waals surface area contributed by atoms with Crippen molar-refractivity contribution in [2.45, 2.75) is 32.7 Å². The fraction of sp³-hybridized carbons (Fsp3) is 0.333. The zero-order valence-corrected chi connectivity index (χ0v) is 14.8. The molecule has 0 aromatic heterocycles. The van der Waals surface area contributed by atoms with E-state index in [4.69, 9.17) is 0 Å². The highest BCUT2D eigenvalue weighted by Gasteiger charge is 2.24. The van der Waals surface area contributed by atoms with E-state index in [0.717, 1.165) is 31.4 Å². The lowest BCUT2D eigenvalue weighted by molar-refractivity contribution is 0.0714. The predicted molar refractivity (Wildman–Crippen MR) is 100 cm³/mol. The summed E-state index contributed by atoms with van der Waals surface area (Å²) < 4.78 is 0. The lowest BCUT2D eigenvalue weighted by atomic mass is 10.0. The maximum absolute atomic E-state index is 12.7. The van der Waals surface area contributed by atoms with E-state index in [9.17, 15) is 9.59 Å². The van der Waals surface area contributed by atoms with E-state index in [2.05, 4.69) is 37.4 Å². The molecule has 2 aromatic carbocycles. The largest absolute Gasteiger partial charge is 0.381 e. The molecule has 0 bridgehead atoms. The van der Waals surface area contributed by atoms with Crippen LogP contribution in [0.1, 0.15) is 44.7 Å². The van der Waals surface area contributed by atoms with Crippen molar-refractivity contribution in [1.82, 2.24) is 4.90 Å². The molecule has 25 heavy (non-hydrogen) atoms. The molecule has 0 radical (unpaired) electrons. The van der Waals surface area contributed by atoms with E-state index in [0.29, 0.717) is 17.7 Å². The summed E-state index contributed by atoms with van der Waals surface area (Å²) in [5, 5.41) is 3.56. The minimum Gasteiger partial charge on any atom is -0.381 e. The molecule has 0 aliphatic carbocycles. The molecule has 1 heterocycles. The molecule has 4 nitrogen and oxygen atoms in total. The van der Waals surface area contributed by atoms with E-state index in [1.807, 2.05) is 4.90 Å². The summed E-state index contributed by atoms with van der Waals surface area (Å²) in [5.41, 5.74) is 4.88. The summed E-state index contributed by atoms with van der Waals surface area (Å²) in [5.74, 6) is 0.0315. The van der Waals surface area contributed by atoms with Crippen molar-refractivity contribution in [3.8, 4) is 0 Å². The van der Waals surface area contributed by atoms with Gasteiger partial charge < -0.3 is 10.2 Å². The van der Waals surface area contributed by atoms with Gasteiger partial charge in [0, 0.05) is 35.9 Å². The van der Waals surface area contributed by atoms with Gasteiger partial charge in [-0.05, 0) is 62.1 Å². The quantitative estimate of drug-likeness (QED) is 0.863. The van der Waals surface area contributed by atoms with Crippen LogP contribution in [0.3, 0.4) is 0 Å². The molecule has 0 unspecified atom stereocenters. The fourth-order valence-corrected chi connectivity index (χ4v) is 3.23. The van der Waals surface area contributed by atoms with Gasteiger partial charge in [0.15, 0.2) is 0 Å². The first-order valence-corrected chi connectivity index (χ1v) is 8.75. The van der Waals surface area contributed by atoms with Gasteiger partial charge in [-0.3, -0.25) is 9.59 Å². The van der Waals surface area contributed by atoms with Crippen LogP contribution in [0.15, 0.2) is 42.5 Å². The predicted octanol–water partition coefficient (Wildman–Crippen LogP) is 3.83. The normalized spacial score (nSPS) is 17.2. The number of benzene rings is 2. The maximum Gasteiger partial charge on any atom is 0.253 e. The van der Waals surface area contributed by atoms with Crippen molar-refractivity contribution in [3.63, 3.8) is 0 Å². The van der Waals surface area contributed by atoms with Gasteiger partial charge in [0.1, 0.15) is 6.29 Å². The minimum atomic E-state index is 0.0315. The van der Waals surface area contributed by atoms with E-state index in [1.54, 1.807) is 24.3 Å². The van der Waals surface area contributed by atoms with Gasteiger partial charge in [0.05, 0.1) is 0 Å². The molecular weight excluding hydrogens is 312 g/mol. The summed E-state index contributed by atoms with van der Waals surface area (Å²) in [6.07, 6.45) is 2.83. The first kappa shape index (κ1) is 17.2. The van der Waals surface area contributed by atoms with Crippen molar-refractivity contribution in [2.24, 2.45) is 0 Å². The molecule has 3 rings (SSSR count). The van der Waals surface area contributed by atoms with Crippen molar-refractivity contribution < 1.29 is 9.59 Å². The van der Waals surface area contributed by atoms with Crippen LogP contribution in [-0.4, -0.2) is 36.2 Å². The zero-order valence-electron chi connectivity index (χ0n) is 14.8. The third-order valence-corrected chi connectivity index (χ3v) is 4.88. The van der Waals surface area contributed by atoms with Crippen LogP contribution in [0.5, 0.6) is 0 Å². The Balaban J connectivity index is 1.66. The van der Waals surface area contributed by atoms with E-state index >= 15 is 0 Å². The van der Waals surface area contributed by atoms with Crippen molar-refractivity contribution in [2.75, 3.05) is 18.4 Å². The molecule has 1 saturated heterocycles. The molecule has 1 atom stereocenters. The molecule has 2 aromatic rings. The molecule has 0 saturated carbocycles. The molecular formula is C21H24N2O2. The summed E-state index contributed by atoms with van der Waals surface area (Å²) in [6, 6.07) is 13.5. The highest BCUT2D eigenvalue weighted by Crippen LogP contribution is 2.20. The van der Waals surface area contributed by atoms with Gasteiger partial charge in [-0.15, -0.1) is 0 Å². The number of hydrogen-bond donors (Lipinski definition) is 1. The number of nitrogens with one attached hydrogen (secondary N) is 1. The number of likely N-dealkylation sites (tertiary alicyclic amines) is 1. The Morgan fingerprint density at radius 3 is 2.56 bits per heavy atom. The van der Waals surface area contributed by atoms with E-state index in [1.165, 1.54) is 11.1 Å². The van der Waals surface area contributed by atoms with Crippen LogP contribution in [0.2, 0.25) is 0 Å². The van der Waals surface area contributed by atoms with Gasteiger partial charge in [-0.1, -0.05) is 18.2 Å². The average molecular weight is 336 g/mol. The Kier molecular flexibility index (Phi) is 5.17. The second-order valence-corrected chi connectivity index (χ2v) is 6.77. The molecule has 1 amide bonds. The highest BCUT2D eigenvalue weighted by atomic mass is 16.2. The van der Waals surface area contributed by atoms with Crippen LogP contribution >= 0.6 is 0 Å². The van der Waals surface area contributed by atoms with Crippen LogP contribution < -0.4 is 5.32 Å². The summed E-state index contributed by atoms with van der Waals surface area (Å²) in [4.78, 5) is 25.4. The smallest absolute Gasteiger partial charge is 0.253 e. The second-order valence-electron chi connectivity index (χ2n) is 6.77. The van der Waals surface area contributed by atoms with Crippen LogP contribution in [0.4, 0.5) is 5.69 Å². The molecule has 1 fully saturated rings. The zero-order chi connectivity index (χ0) is 17.8. The van der Waals surface area contributed by atoms with Crippen molar-refractivity contribution in [3.05, 3.63) is 64.7 Å². The average Bonchev–Trinajstić information content (AvgIpc) is 2.64. The number of aldehydes is 1. The van der Waals surface area contributed by atoms with E-state index in [-0.39, 0.29) is 11.9 Å². The summed E-state index contributed by atoms with van der Waals surface area (Å²) in [7, 11) is 0. The number of piperidine rings is 1. The number of aryl methyl sites for hydroxylation is 2. The number of carbonyl (C=O) groups excluding carboxylic acids is 2. The van der Waals surface area contributed by atoms with Gasteiger partial charge in [-0.25, -0.2) is 0 Å². The number of anilines is 1. The number of hydrogen-bond acceptors (Lipinski definition) is 3. The van der Waals surface area contributed by atoms with Crippen molar-refractivity contribution >= 4 is 17.9 Å². The monoisotopic (exact) mass is 336 g/mol. The highest BCUT2D eigenvalue weighted by molar-refractivity contribution is 5.95. The number of nitrogens with zero attached hydrogens (tertiary/aromatic N) is 1. The first-order chi connectivity index (χ1) is 12.1. The Labute approximate surface area is 148 Å². The lowest BCUT2D eigenvalue weighted by Crippen LogP contribution is -2.45. The van der Waals surface area contributed by atoms with Crippen LogP contribution in [0, 0.1) is 13.8 Å². The van der Waals surface area contributed by atoms with Gasteiger partial charge in [-0.2, -0.15) is 0 Å². The van der Waals surface area contributed by atoms with E-state index < -0.39 is 0 Å². The second kappa shape index (κ2) is 7.51. The van der Waals surface area contributed by atoms with Gasteiger partial charge in [0.25, 0.3) is 5.91 Å². The topological polar surface area (TPSA) is 49.4 Å². The summed E-state index contributed by atoms with van der Waals surface area (Å²) >= 11 is 0. The van der Waals surface area contributed by atoms with Gasteiger partial charge in [0.2, 0.25) is 0 Å². The maximum atomic E-state index is 12.7. The number of carbonyl (C=O) groups is 2. The third kappa shape index (κ3) is 4.08. The molecule has 1 N–H and O–H groups in total. The Hall–Kier alpha value is -2.62. The number of amides is 1. The Bertz CT molecular complexity index is 768. The van der Waals surface area contributed by atoms with Gasteiger partial charge >= 0.3 is 0 Å². The SMILES string of the molecule is Cc1ccc(N[C@@H]2CCCN(C(=O)c3ccc(C=O)cc3)C2)cc1C. The van der Waals surface area contributed by atoms with Crippen LogP contribution in [0.25, 0.3) is 0 Å². The Morgan fingerprint density at radius 1 is 1.12 bits per heavy atom. The fourth-order valence-electron chi connectivity index (χ4n) is 3.23. The Morgan fingerprint density at radius 2 is 1.88 bits per heavy atom. The van der Waals surface area contributed by atoms with Crippen molar-refractivity contribution in [1.29, 1.82) is 0 Å². The third-order valence-electron chi connectivity index (χ3n) is 4.88. The lowest BCUT2D eigenvalue weighted by Gasteiger charge is -2.34. The number of rotatable bonds is 4. The molecule has 130 valence electrons.